The summed E-state index contributed by atoms with van der Waals surface area (Å²) < 4.78 is 0. The fourth-order valence-electron chi connectivity index (χ4n) is 3.33. The molecule has 4 nitrogen and oxygen atoms in total. The monoisotopic (exact) mass is 253 g/mol. The van der Waals surface area contributed by atoms with Crippen LogP contribution in [-0.4, -0.2) is 54.5 Å². The number of rotatable bonds is 3. The van der Waals surface area contributed by atoms with Crippen molar-refractivity contribution in [3.63, 3.8) is 0 Å². The van der Waals surface area contributed by atoms with Crippen LogP contribution in [0.1, 0.15) is 39.0 Å². The number of piperidine rings is 2. The van der Waals surface area contributed by atoms with E-state index in [9.17, 15) is 4.79 Å². The van der Waals surface area contributed by atoms with Gasteiger partial charge in [0.15, 0.2) is 0 Å². The predicted octanol–water partition coefficient (Wildman–Crippen LogP) is 1.06. The summed E-state index contributed by atoms with van der Waals surface area (Å²) in [6.45, 7) is 6.72. The molecule has 2 saturated heterocycles. The normalized spacial score (nSPS) is 30.4. The maximum absolute atomic E-state index is 11.7. The Morgan fingerprint density at radius 2 is 2.06 bits per heavy atom. The Hall–Kier alpha value is -0.610. The number of amides is 1. The van der Waals surface area contributed by atoms with Crippen LogP contribution in [0.5, 0.6) is 0 Å². The molecule has 2 rings (SSSR count). The first-order chi connectivity index (χ1) is 8.70. The highest BCUT2D eigenvalue weighted by Gasteiger charge is 2.26. The highest BCUT2D eigenvalue weighted by atomic mass is 16.2. The molecule has 0 spiro atoms. The van der Waals surface area contributed by atoms with Crippen LogP contribution in [0.15, 0.2) is 0 Å². The maximum atomic E-state index is 11.7. The molecule has 2 aliphatic rings. The number of nitrogens with two attached hydrogens (primary N) is 1. The van der Waals surface area contributed by atoms with E-state index in [1.54, 1.807) is 0 Å². The predicted molar refractivity (Wildman–Crippen MR) is 73.2 cm³/mol. The van der Waals surface area contributed by atoms with Gasteiger partial charge < -0.3 is 15.5 Å². The Morgan fingerprint density at radius 3 is 2.78 bits per heavy atom. The Labute approximate surface area is 110 Å². The molecule has 2 aliphatic heterocycles. The van der Waals surface area contributed by atoms with E-state index in [1.807, 2.05) is 4.90 Å². The van der Waals surface area contributed by atoms with Gasteiger partial charge in [-0.1, -0.05) is 6.42 Å². The van der Waals surface area contributed by atoms with Gasteiger partial charge in [0.2, 0.25) is 5.91 Å². The Bertz CT molecular complexity index is 282. The van der Waals surface area contributed by atoms with Crippen LogP contribution in [0, 0.1) is 5.92 Å². The fourth-order valence-corrected chi connectivity index (χ4v) is 3.33. The van der Waals surface area contributed by atoms with E-state index in [-0.39, 0.29) is 12.5 Å². The van der Waals surface area contributed by atoms with Crippen LogP contribution in [0.25, 0.3) is 0 Å². The zero-order valence-corrected chi connectivity index (χ0v) is 11.6. The van der Waals surface area contributed by atoms with E-state index in [2.05, 4.69) is 11.8 Å². The van der Waals surface area contributed by atoms with E-state index >= 15 is 0 Å². The Kier molecular flexibility index (Phi) is 5.01. The van der Waals surface area contributed by atoms with E-state index in [4.69, 9.17) is 5.73 Å². The maximum Gasteiger partial charge on any atom is 0.236 e. The summed E-state index contributed by atoms with van der Waals surface area (Å²) in [5.74, 6) is 0.765. The van der Waals surface area contributed by atoms with Gasteiger partial charge in [0.1, 0.15) is 0 Å². The number of hydrogen-bond acceptors (Lipinski definition) is 3. The molecule has 0 aromatic carbocycles. The molecule has 2 heterocycles. The molecule has 0 radical (unpaired) electrons. The van der Waals surface area contributed by atoms with Gasteiger partial charge in [-0.2, -0.15) is 0 Å². The van der Waals surface area contributed by atoms with Crippen molar-refractivity contribution in [3.05, 3.63) is 0 Å². The Balaban J connectivity index is 1.83. The fraction of sp³-hybridized carbons (Fsp3) is 0.929. The second kappa shape index (κ2) is 6.53. The van der Waals surface area contributed by atoms with Gasteiger partial charge in [-0.15, -0.1) is 0 Å². The van der Waals surface area contributed by atoms with Crippen molar-refractivity contribution in [3.8, 4) is 0 Å². The number of likely N-dealkylation sites (tertiary alicyclic amines) is 2. The summed E-state index contributed by atoms with van der Waals surface area (Å²) in [6.07, 6.45) is 6.44. The third-order valence-corrected chi connectivity index (χ3v) is 4.48. The van der Waals surface area contributed by atoms with E-state index in [1.165, 1.54) is 32.2 Å². The minimum absolute atomic E-state index is 0.117. The largest absolute Gasteiger partial charge is 0.341 e. The molecule has 2 N–H and O–H groups in total. The molecule has 104 valence electrons. The van der Waals surface area contributed by atoms with Crippen LogP contribution >= 0.6 is 0 Å². The molecule has 0 bridgehead atoms. The summed E-state index contributed by atoms with van der Waals surface area (Å²) >= 11 is 0. The third kappa shape index (κ3) is 3.45. The van der Waals surface area contributed by atoms with Crippen molar-refractivity contribution < 1.29 is 4.79 Å². The van der Waals surface area contributed by atoms with Gasteiger partial charge in [-0.25, -0.2) is 0 Å². The molecule has 4 heteroatoms. The third-order valence-electron chi connectivity index (χ3n) is 4.48. The molecule has 0 saturated carbocycles. The quantitative estimate of drug-likeness (QED) is 0.818. The molecule has 2 atom stereocenters. The van der Waals surface area contributed by atoms with Crippen molar-refractivity contribution in [2.75, 3.05) is 32.7 Å². The lowest BCUT2D eigenvalue weighted by Gasteiger charge is -2.39. The van der Waals surface area contributed by atoms with Gasteiger partial charge in [0, 0.05) is 25.7 Å². The SMILES string of the molecule is C[C@H]1CCCCN1C[C@H]1CCCN(C(=O)CN)C1. The lowest BCUT2D eigenvalue weighted by Crippen LogP contribution is -2.48. The molecule has 0 aromatic rings. The van der Waals surface area contributed by atoms with Crippen molar-refractivity contribution in [2.45, 2.75) is 45.1 Å². The first-order valence-corrected chi connectivity index (χ1v) is 7.42. The first kappa shape index (κ1) is 13.8. The van der Waals surface area contributed by atoms with Crippen molar-refractivity contribution in [2.24, 2.45) is 11.7 Å². The van der Waals surface area contributed by atoms with Crippen molar-refractivity contribution >= 4 is 5.91 Å². The number of carbonyl (C=O) groups is 1. The van der Waals surface area contributed by atoms with Gasteiger partial charge in [0.25, 0.3) is 0 Å². The first-order valence-electron chi connectivity index (χ1n) is 7.42. The molecule has 0 aromatic heterocycles. The molecule has 1 amide bonds. The smallest absolute Gasteiger partial charge is 0.236 e. The molecule has 0 aliphatic carbocycles. The highest BCUT2D eigenvalue weighted by Crippen LogP contribution is 2.22. The summed E-state index contributed by atoms with van der Waals surface area (Å²) in [6, 6.07) is 0.722. The van der Waals surface area contributed by atoms with Crippen molar-refractivity contribution in [1.82, 2.24) is 9.80 Å². The summed E-state index contributed by atoms with van der Waals surface area (Å²) in [7, 11) is 0. The zero-order valence-electron chi connectivity index (χ0n) is 11.6. The lowest BCUT2D eigenvalue weighted by atomic mass is 9.94. The molecule has 2 fully saturated rings. The van der Waals surface area contributed by atoms with Crippen LogP contribution in [0.4, 0.5) is 0 Å². The molecule has 0 unspecified atom stereocenters. The average molecular weight is 253 g/mol. The summed E-state index contributed by atoms with van der Waals surface area (Å²) in [5.41, 5.74) is 5.45. The minimum Gasteiger partial charge on any atom is -0.341 e. The standard InChI is InChI=1S/C14H27N3O/c1-12-5-2-3-7-16(12)10-13-6-4-8-17(11-13)14(18)9-15/h12-13H,2-11,15H2,1H3/t12-,13+/m0/s1. The minimum atomic E-state index is 0.117. The highest BCUT2D eigenvalue weighted by molar-refractivity contribution is 5.78. The van der Waals surface area contributed by atoms with Gasteiger partial charge >= 0.3 is 0 Å². The van der Waals surface area contributed by atoms with Crippen molar-refractivity contribution in [1.29, 1.82) is 0 Å². The molecular weight excluding hydrogens is 226 g/mol. The van der Waals surface area contributed by atoms with Crippen LogP contribution in [0.2, 0.25) is 0 Å². The lowest BCUT2D eigenvalue weighted by molar-refractivity contribution is -0.131. The topological polar surface area (TPSA) is 49.6 Å². The van der Waals surface area contributed by atoms with Gasteiger partial charge in [-0.05, 0) is 45.1 Å². The van der Waals surface area contributed by atoms with Gasteiger partial charge in [-0.3, -0.25) is 4.79 Å². The molecular formula is C14H27N3O. The number of nitrogens with zero attached hydrogens (tertiary/aromatic N) is 2. The Morgan fingerprint density at radius 1 is 1.22 bits per heavy atom. The number of carbonyl (C=O) groups excluding carboxylic acids is 1. The van der Waals surface area contributed by atoms with Gasteiger partial charge in [0.05, 0.1) is 6.54 Å². The van der Waals surface area contributed by atoms with E-state index < -0.39 is 0 Å². The van der Waals surface area contributed by atoms with E-state index in [0.29, 0.717) is 5.92 Å². The van der Waals surface area contributed by atoms with E-state index in [0.717, 1.165) is 32.1 Å². The summed E-state index contributed by atoms with van der Waals surface area (Å²) in [5, 5.41) is 0. The van der Waals surface area contributed by atoms with Crippen LogP contribution in [0.3, 0.4) is 0 Å². The second-order valence-electron chi connectivity index (χ2n) is 5.89. The second-order valence-corrected chi connectivity index (χ2v) is 5.89. The zero-order chi connectivity index (χ0) is 13.0. The van der Waals surface area contributed by atoms with Crippen LogP contribution in [-0.2, 0) is 4.79 Å². The average Bonchev–Trinajstić information content (AvgIpc) is 2.41. The number of hydrogen-bond donors (Lipinski definition) is 1. The summed E-state index contributed by atoms with van der Waals surface area (Å²) in [4.78, 5) is 16.2. The molecule has 18 heavy (non-hydrogen) atoms. The van der Waals surface area contributed by atoms with Crippen LogP contribution < -0.4 is 5.73 Å².